The molecule has 0 heterocycles. The van der Waals surface area contributed by atoms with Crippen molar-refractivity contribution in [3.63, 3.8) is 0 Å². The molecule has 15 heavy (non-hydrogen) atoms. The van der Waals surface area contributed by atoms with Crippen LogP contribution in [0.25, 0.3) is 0 Å². The van der Waals surface area contributed by atoms with E-state index in [1.807, 2.05) is 18.6 Å². The maximum Gasteiger partial charge on any atom is 0.250 e. The van der Waals surface area contributed by atoms with Gasteiger partial charge >= 0.3 is 0 Å². The van der Waals surface area contributed by atoms with Gasteiger partial charge in [-0.3, -0.25) is 9.52 Å². The number of nitrogens with two attached hydrogens (primary N) is 1. The van der Waals surface area contributed by atoms with Crippen molar-refractivity contribution >= 4 is 15.9 Å². The number of hydrogen-bond donors (Lipinski definition) is 2. The van der Waals surface area contributed by atoms with Crippen molar-refractivity contribution in [1.29, 1.82) is 0 Å². The predicted octanol–water partition coefficient (Wildman–Crippen LogP) is 0.214. The lowest BCUT2D eigenvalue weighted by molar-refractivity contribution is -0.120. The van der Waals surface area contributed by atoms with Crippen LogP contribution in [-0.2, 0) is 14.8 Å². The second-order valence-corrected chi connectivity index (χ2v) is 6.53. The third-order valence-corrected chi connectivity index (χ3v) is 3.65. The topological polar surface area (TPSA) is 89.3 Å². The first-order valence-electron chi connectivity index (χ1n) is 4.98. The fourth-order valence-corrected chi connectivity index (χ4v) is 1.62. The van der Waals surface area contributed by atoms with Crippen LogP contribution in [0.1, 0.15) is 34.1 Å². The number of carbonyl (C=O) groups is 1. The molecule has 6 heteroatoms. The first-order chi connectivity index (χ1) is 6.66. The van der Waals surface area contributed by atoms with Gasteiger partial charge in [-0.15, -0.1) is 0 Å². The molecule has 0 saturated carbocycles. The fourth-order valence-electron chi connectivity index (χ4n) is 0.949. The normalized spacial score (nSPS) is 14.3. The molecule has 5 nitrogen and oxygen atoms in total. The van der Waals surface area contributed by atoms with Crippen LogP contribution in [0.5, 0.6) is 0 Å². The van der Waals surface area contributed by atoms with Crippen molar-refractivity contribution in [2.24, 2.45) is 11.7 Å². The Kier molecular flexibility index (Phi) is 5.23. The Balaban J connectivity index is 4.38. The first kappa shape index (κ1) is 14.4. The van der Waals surface area contributed by atoms with Crippen LogP contribution >= 0.6 is 0 Å². The number of carbonyl (C=O) groups excluding carboxylic acids is 1. The first-order valence-corrected chi connectivity index (χ1v) is 6.52. The number of sulfonamides is 1. The third kappa shape index (κ3) is 5.13. The van der Waals surface area contributed by atoms with E-state index in [9.17, 15) is 13.2 Å². The summed E-state index contributed by atoms with van der Waals surface area (Å²) < 4.78 is 24.7. The Labute approximate surface area is 91.5 Å². The molecule has 0 saturated heterocycles. The second kappa shape index (κ2) is 5.46. The summed E-state index contributed by atoms with van der Waals surface area (Å²) in [6.07, 6.45) is 0.472. The molecule has 0 aliphatic heterocycles. The lowest BCUT2D eigenvalue weighted by atomic mass is 10.0. The Morgan fingerprint density at radius 1 is 1.27 bits per heavy atom. The smallest absolute Gasteiger partial charge is 0.250 e. The summed E-state index contributed by atoms with van der Waals surface area (Å²) in [7, 11) is -3.56. The molecule has 1 amide bonds. The zero-order valence-corrected chi connectivity index (χ0v) is 10.5. The van der Waals surface area contributed by atoms with E-state index in [4.69, 9.17) is 5.73 Å². The molecule has 1 atom stereocenters. The molecule has 0 aromatic rings. The summed E-state index contributed by atoms with van der Waals surface area (Å²) in [5.74, 6) is -0.370. The van der Waals surface area contributed by atoms with Gasteiger partial charge in [-0.05, 0) is 26.2 Å². The van der Waals surface area contributed by atoms with Gasteiger partial charge in [0.2, 0.25) is 15.9 Å². The van der Waals surface area contributed by atoms with Crippen molar-refractivity contribution in [3.05, 3.63) is 0 Å². The molecule has 0 rings (SSSR count). The minimum Gasteiger partial charge on any atom is -0.320 e. The van der Waals surface area contributed by atoms with Gasteiger partial charge < -0.3 is 5.73 Å². The summed E-state index contributed by atoms with van der Waals surface area (Å²) in [5, 5.41) is -0.632. The maximum atomic E-state index is 11.4. The maximum absolute atomic E-state index is 11.4. The van der Waals surface area contributed by atoms with Crippen LogP contribution in [0.2, 0.25) is 0 Å². The quantitative estimate of drug-likeness (QED) is 0.714. The van der Waals surface area contributed by atoms with E-state index < -0.39 is 27.2 Å². The highest BCUT2D eigenvalue weighted by Gasteiger charge is 2.23. The zero-order chi connectivity index (χ0) is 12.2. The van der Waals surface area contributed by atoms with E-state index >= 15 is 0 Å². The second-order valence-electron chi connectivity index (χ2n) is 4.30. The predicted molar refractivity (Wildman–Crippen MR) is 59.6 cm³/mol. The molecule has 90 valence electrons. The monoisotopic (exact) mass is 236 g/mol. The van der Waals surface area contributed by atoms with Crippen LogP contribution in [0.3, 0.4) is 0 Å². The van der Waals surface area contributed by atoms with Gasteiger partial charge in [-0.2, -0.15) is 0 Å². The van der Waals surface area contributed by atoms with Crippen molar-refractivity contribution < 1.29 is 13.2 Å². The summed E-state index contributed by atoms with van der Waals surface area (Å²) in [4.78, 5) is 11.4. The molecule has 0 aliphatic carbocycles. The number of nitrogens with one attached hydrogen (secondary N) is 1. The van der Waals surface area contributed by atoms with Crippen molar-refractivity contribution in [2.45, 2.75) is 45.4 Å². The van der Waals surface area contributed by atoms with Crippen LogP contribution in [-0.4, -0.2) is 25.6 Å². The van der Waals surface area contributed by atoms with E-state index in [2.05, 4.69) is 0 Å². The summed E-state index contributed by atoms with van der Waals surface area (Å²) >= 11 is 0. The van der Waals surface area contributed by atoms with Crippen molar-refractivity contribution in [1.82, 2.24) is 4.72 Å². The van der Waals surface area contributed by atoms with Crippen LogP contribution < -0.4 is 10.5 Å². The highest BCUT2D eigenvalue weighted by atomic mass is 32.2. The molecule has 0 aliphatic rings. The Bertz CT molecular complexity index is 309. The van der Waals surface area contributed by atoms with E-state index in [1.165, 1.54) is 13.8 Å². The SMILES string of the molecule is CC(C)C[C@@H](N)C(=O)NS(=O)(=O)C(C)C. The van der Waals surface area contributed by atoms with E-state index in [0.29, 0.717) is 6.42 Å². The highest BCUT2D eigenvalue weighted by molar-refractivity contribution is 7.90. The third-order valence-electron chi connectivity index (χ3n) is 1.93. The Morgan fingerprint density at radius 3 is 2.07 bits per heavy atom. The van der Waals surface area contributed by atoms with Crippen molar-refractivity contribution in [2.75, 3.05) is 0 Å². The van der Waals surface area contributed by atoms with Gasteiger partial charge in [-0.25, -0.2) is 8.42 Å². The molecule has 3 N–H and O–H groups in total. The molecule has 0 radical (unpaired) electrons. The Morgan fingerprint density at radius 2 is 1.73 bits per heavy atom. The lowest BCUT2D eigenvalue weighted by Gasteiger charge is -2.15. The molecule has 0 bridgehead atoms. The van der Waals surface area contributed by atoms with Crippen LogP contribution in [0.15, 0.2) is 0 Å². The summed E-state index contributed by atoms with van der Waals surface area (Å²) in [6.45, 7) is 6.85. The van der Waals surface area contributed by atoms with E-state index in [1.54, 1.807) is 0 Å². The molecule has 0 unspecified atom stereocenters. The van der Waals surface area contributed by atoms with Gasteiger partial charge in [0, 0.05) is 0 Å². The number of hydrogen-bond acceptors (Lipinski definition) is 4. The average Bonchev–Trinajstić information content (AvgIpc) is 2.01. The minimum atomic E-state index is -3.56. The largest absolute Gasteiger partial charge is 0.320 e. The summed E-state index contributed by atoms with van der Waals surface area (Å²) in [5.41, 5.74) is 5.55. The van der Waals surface area contributed by atoms with E-state index in [0.717, 1.165) is 0 Å². The van der Waals surface area contributed by atoms with Gasteiger partial charge in [-0.1, -0.05) is 13.8 Å². The molecule has 0 aromatic carbocycles. The van der Waals surface area contributed by atoms with Crippen LogP contribution in [0, 0.1) is 5.92 Å². The molecule has 0 fully saturated rings. The zero-order valence-electron chi connectivity index (χ0n) is 9.65. The molecule has 0 spiro atoms. The fraction of sp³-hybridized carbons (Fsp3) is 0.889. The standard InChI is InChI=1S/C9H20N2O3S/c1-6(2)5-8(10)9(12)11-15(13,14)7(3)4/h6-8H,5,10H2,1-4H3,(H,11,12)/t8-/m1/s1. The van der Waals surface area contributed by atoms with Crippen LogP contribution in [0.4, 0.5) is 0 Å². The van der Waals surface area contributed by atoms with Gasteiger partial charge in [0.25, 0.3) is 0 Å². The number of amides is 1. The Hall–Kier alpha value is -0.620. The average molecular weight is 236 g/mol. The van der Waals surface area contributed by atoms with Gasteiger partial charge in [0.15, 0.2) is 0 Å². The highest BCUT2D eigenvalue weighted by Crippen LogP contribution is 2.04. The summed E-state index contributed by atoms with van der Waals surface area (Å²) in [6, 6.07) is -0.765. The molecular weight excluding hydrogens is 216 g/mol. The number of rotatable bonds is 5. The van der Waals surface area contributed by atoms with E-state index in [-0.39, 0.29) is 5.92 Å². The lowest BCUT2D eigenvalue weighted by Crippen LogP contribution is -2.46. The van der Waals surface area contributed by atoms with Gasteiger partial charge in [0.05, 0.1) is 11.3 Å². The molecular formula is C9H20N2O3S. The van der Waals surface area contributed by atoms with Gasteiger partial charge in [0.1, 0.15) is 0 Å². The van der Waals surface area contributed by atoms with Crippen molar-refractivity contribution in [3.8, 4) is 0 Å². The molecule has 0 aromatic heterocycles. The minimum absolute atomic E-state index is 0.257.